The van der Waals surface area contributed by atoms with Crippen LogP contribution in [0.2, 0.25) is 0 Å². The molecular formula is C48H32N6. The summed E-state index contributed by atoms with van der Waals surface area (Å²) in [6.45, 7) is 0. The van der Waals surface area contributed by atoms with Gasteiger partial charge in [-0.1, -0.05) is 182 Å². The smallest absolute Gasteiger partial charge is 0.164 e. The van der Waals surface area contributed by atoms with Gasteiger partial charge in [0.25, 0.3) is 0 Å². The van der Waals surface area contributed by atoms with Gasteiger partial charge in [-0.2, -0.15) is 0 Å². The van der Waals surface area contributed by atoms with Gasteiger partial charge >= 0.3 is 0 Å². The number of hydrogen-bond acceptors (Lipinski definition) is 6. The summed E-state index contributed by atoms with van der Waals surface area (Å²) in [6.07, 6.45) is 0. The second-order valence-electron chi connectivity index (χ2n) is 12.8. The molecule has 2 aromatic heterocycles. The van der Waals surface area contributed by atoms with Gasteiger partial charge in [0.05, 0.1) is 0 Å². The highest BCUT2D eigenvalue weighted by Gasteiger charge is 2.18. The van der Waals surface area contributed by atoms with Crippen LogP contribution in [-0.4, -0.2) is 29.9 Å². The molecule has 254 valence electrons. The van der Waals surface area contributed by atoms with Crippen molar-refractivity contribution in [3.8, 4) is 90.6 Å². The highest BCUT2D eigenvalue weighted by Crippen LogP contribution is 2.37. The molecule has 9 aromatic rings. The third-order valence-corrected chi connectivity index (χ3v) is 9.22. The van der Waals surface area contributed by atoms with E-state index in [1.54, 1.807) is 0 Å². The van der Waals surface area contributed by atoms with Crippen LogP contribution in [0, 0.1) is 0 Å². The Balaban J connectivity index is 1.19. The molecule has 0 amide bonds. The van der Waals surface area contributed by atoms with Gasteiger partial charge < -0.3 is 0 Å². The minimum atomic E-state index is 0.596. The fraction of sp³-hybridized carbons (Fsp3) is 0. The first-order chi connectivity index (χ1) is 26.7. The summed E-state index contributed by atoms with van der Waals surface area (Å²) >= 11 is 0. The molecule has 7 aromatic carbocycles. The van der Waals surface area contributed by atoms with Crippen LogP contribution in [0.1, 0.15) is 0 Å². The predicted octanol–water partition coefficient (Wildman–Crippen LogP) is 11.4. The molecule has 2 heterocycles. The molecule has 0 spiro atoms. The molecule has 0 fully saturated rings. The average Bonchev–Trinajstić information content (AvgIpc) is 3.27. The van der Waals surface area contributed by atoms with Crippen molar-refractivity contribution in [1.29, 1.82) is 0 Å². The summed E-state index contributed by atoms with van der Waals surface area (Å²) in [6, 6.07) is 65.4. The van der Waals surface area contributed by atoms with Crippen molar-refractivity contribution in [2.24, 2.45) is 0 Å². The van der Waals surface area contributed by atoms with Gasteiger partial charge in [0.2, 0.25) is 0 Å². The Bertz CT molecular complexity index is 2550. The molecule has 54 heavy (non-hydrogen) atoms. The van der Waals surface area contributed by atoms with Crippen LogP contribution >= 0.6 is 0 Å². The molecule has 6 heteroatoms. The average molecular weight is 693 g/mol. The zero-order chi connectivity index (χ0) is 36.1. The van der Waals surface area contributed by atoms with Crippen LogP contribution in [0.3, 0.4) is 0 Å². The molecular weight excluding hydrogens is 661 g/mol. The summed E-state index contributed by atoms with van der Waals surface area (Å²) < 4.78 is 0. The van der Waals surface area contributed by atoms with Crippen LogP contribution in [-0.2, 0) is 0 Å². The van der Waals surface area contributed by atoms with E-state index in [4.69, 9.17) is 29.9 Å². The molecule has 6 nitrogen and oxygen atoms in total. The molecule has 0 atom stereocenters. The normalized spacial score (nSPS) is 11.0. The maximum absolute atomic E-state index is 5.08. The molecule has 0 unspecified atom stereocenters. The second kappa shape index (κ2) is 14.7. The molecule has 0 saturated carbocycles. The molecule has 9 rings (SSSR count). The SMILES string of the molecule is c1ccc(-c2ccc(-c3nc(-c4ccccc4)nc(-c4ccccc4)n3)c(-c3ccc(-c4nc(-c5ccccc5)nc(-c5ccccc5)n4)cc3)c2)cc1. The standard InChI is InChI=1S/C48H32N6/c1-6-16-33(17-7-1)40-30-31-41(48-53-45(37-22-12-4-13-23-37)52-46(54-48)38-24-14-5-15-25-38)42(32-40)34-26-28-39(29-27-34)47-50-43(35-18-8-2-9-19-35)49-44(51-47)36-20-10-3-11-21-36/h1-32H. The molecule has 0 saturated heterocycles. The van der Waals surface area contributed by atoms with Gasteiger partial charge in [-0.3, -0.25) is 0 Å². The van der Waals surface area contributed by atoms with Crippen molar-refractivity contribution in [2.75, 3.05) is 0 Å². The van der Waals surface area contributed by atoms with Crippen LogP contribution < -0.4 is 0 Å². The number of aromatic nitrogens is 6. The van der Waals surface area contributed by atoms with Crippen molar-refractivity contribution in [3.63, 3.8) is 0 Å². The lowest BCUT2D eigenvalue weighted by molar-refractivity contribution is 1.07. The van der Waals surface area contributed by atoms with Gasteiger partial charge in [0.1, 0.15) is 0 Å². The highest BCUT2D eigenvalue weighted by atomic mass is 15.0. The number of benzene rings is 7. The Hall–Kier alpha value is -7.44. The summed E-state index contributed by atoms with van der Waals surface area (Å²) in [5.41, 5.74) is 9.72. The maximum atomic E-state index is 5.08. The van der Waals surface area contributed by atoms with E-state index in [9.17, 15) is 0 Å². The van der Waals surface area contributed by atoms with Gasteiger partial charge in [-0.05, 0) is 34.4 Å². The Labute approximate surface area is 313 Å². The first-order valence-electron chi connectivity index (χ1n) is 17.8. The number of nitrogens with zero attached hydrogens (tertiary/aromatic N) is 6. The summed E-state index contributed by atoms with van der Waals surface area (Å²) in [4.78, 5) is 29.9. The Morgan fingerprint density at radius 1 is 0.185 bits per heavy atom. The number of hydrogen-bond donors (Lipinski definition) is 0. The third kappa shape index (κ3) is 6.79. The lowest BCUT2D eigenvalue weighted by atomic mass is 9.93. The van der Waals surface area contributed by atoms with Crippen LogP contribution in [0.5, 0.6) is 0 Å². The Morgan fingerprint density at radius 2 is 0.463 bits per heavy atom. The highest BCUT2D eigenvalue weighted by molar-refractivity contribution is 5.86. The van der Waals surface area contributed by atoms with Crippen molar-refractivity contribution < 1.29 is 0 Å². The minimum absolute atomic E-state index is 0.596. The van der Waals surface area contributed by atoms with Crippen LogP contribution in [0.4, 0.5) is 0 Å². The van der Waals surface area contributed by atoms with Crippen molar-refractivity contribution in [3.05, 3.63) is 194 Å². The monoisotopic (exact) mass is 692 g/mol. The Kier molecular flexibility index (Phi) is 8.81. The fourth-order valence-corrected chi connectivity index (χ4v) is 6.45. The molecule has 0 bridgehead atoms. The van der Waals surface area contributed by atoms with E-state index < -0.39 is 0 Å². The largest absolute Gasteiger partial charge is 0.208 e. The fourth-order valence-electron chi connectivity index (χ4n) is 6.45. The summed E-state index contributed by atoms with van der Waals surface area (Å²) in [5.74, 6) is 3.68. The Morgan fingerprint density at radius 3 is 0.833 bits per heavy atom. The quantitative estimate of drug-likeness (QED) is 0.158. The van der Waals surface area contributed by atoms with Crippen LogP contribution in [0.15, 0.2) is 194 Å². The van der Waals surface area contributed by atoms with Gasteiger partial charge in [-0.15, -0.1) is 0 Å². The zero-order valence-corrected chi connectivity index (χ0v) is 29.2. The van der Waals surface area contributed by atoms with Gasteiger partial charge in [0.15, 0.2) is 34.9 Å². The van der Waals surface area contributed by atoms with E-state index in [1.807, 2.05) is 127 Å². The first kappa shape index (κ1) is 32.5. The zero-order valence-electron chi connectivity index (χ0n) is 29.2. The molecule has 0 radical (unpaired) electrons. The van der Waals surface area contributed by atoms with Crippen molar-refractivity contribution in [1.82, 2.24) is 29.9 Å². The van der Waals surface area contributed by atoms with E-state index in [1.165, 1.54) is 0 Å². The van der Waals surface area contributed by atoms with Crippen LogP contribution in [0.25, 0.3) is 90.6 Å². The molecule has 0 aliphatic heterocycles. The van der Waals surface area contributed by atoms with E-state index in [0.29, 0.717) is 34.9 Å². The van der Waals surface area contributed by atoms with E-state index in [0.717, 1.165) is 55.6 Å². The number of rotatable bonds is 8. The summed E-state index contributed by atoms with van der Waals surface area (Å²) in [7, 11) is 0. The second-order valence-corrected chi connectivity index (χ2v) is 12.8. The van der Waals surface area contributed by atoms with Gasteiger partial charge in [-0.25, -0.2) is 29.9 Å². The van der Waals surface area contributed by atoms with Crippen molar-refractivity contribution in [2.45, 2.75) is 0 Å². The summed E-state index contributed by atoms with van der Waals surface area (Å²) in [5, 5.41) is 0. The van der Waals surface area contributed by atoms with Crippen molar-refractivity contribution >= 4 is 0 Å². The maximum Gasteiger partial charge on any atom is 0.164 e. The first-order valence-corrected chi connectivity index (χ1v) is 17.8. The topological polar surface area (TPSA) is 77.3 Å². The molecule has 0 N–H and O–H groups in total. The van der Waals surface area contributed by atoms with Gasteiger partial charge in [0, 0.05) is 33.4 Å². The van der Waals surface area contributed by atoms with E-state index in [-0.39, 0.29) is 0 Å². The third-order valence-electron chi connectivity index (χ3n) is 9.22. The van der Waals surface area contributed by atoms with E-state index >= 15 is 0 Å². The van der Waals surface area contributed by atoms with E-state index in [2.05, 4.69) is 66.7 Å². The molecule has 0 aliphatic rings. The molecule has 0 aliphatic carbocycles. The predicted molar refractivity (Wildman–Crippen MR) is 217 cm³/mol. The lowest BCUT2D eigenvalue weighted by Gasteiger charge is -2.14. The minimum Gasteiger partial charge on any atom is -0.208 e. The lowest BCUT2D eigenvalue weighted by Crippen LogP contribution is -2.01.